The second-order valence-corrected chi connectivity index (χ2v) is 7.07. The first kappa shape index (κ1) is 23.4. The Bertz CT molecular complexity index is 807. The first-order valence-electron chi connectivity index (χ1n) is 9.71. The monoisotopic (exact) mass is 512 g/mol. The minimum Gasteiger partial charge on any atom is -0.378 e. The standard InChI is InChI=1S/C22H29FN4O.HI/c1-16-4-7-19(14-21(16)23)17(2)26-22(24-3)25-15-18-5-8-20(9-6-18)27-10-12-28-13-11-27;/h4-9,14,17H,10-13,15H2,1-3H3,(H2,24,25,26);1H. The lowest BCUT2D eigenvalue weighted by Crippen LogP contribution is -2.38. The Hall–Kier alpha value is -1.87. The highest BCUT2D eigenvalue weighted by molar-refractivity contribution is 14.0. The lowest BCUT2D eigenvalue weighted by molar-refractivity contribution is 0.122. The average Bonchev–Trinajstić information content (AvgIpc) is 2.74. The van der Waals surface area contributed by atoms with Crippen LogP contribution in [-0.2, 0) is 11.3 Å². The highest BCUT2D eigenvalue weighted by Crippen LogP contribution is 2.17. The topological polar surface area (TPSA) is 48.9 Å². The Morgan fingerprint density at radius 3 is 2.48 bits per heavy atom. The van der Waals surface area contributed by atoms with Gasteiger partial charge in [0.2, 0.25) is 0 Å². The van der Waals surface area contributed by atoms with Gasteiger partial charge in [-0.25, -0.2) is 4.39 Å². The molecule has 2 N–H and O–H groups in total. The maximum atomic E-state index is 13.8. The molecule has 0 aromatic heterocycles. The first-order chi connectivity index (χ1) is 13.6. The molecule has 1 saturated heterocycles. The van der Waals surface area contributed by atoms with Crippen LogP contribution in [0.5, 0.6) is 0 Å². The van der Waals surface area contributed by atoms with Gasteiger partial charge >= 0.3 is 0 Å². The van der Waals surface area contributed by atoms with Crippen molar-refractivity contribution in [1.29, 1.82) is 0 Å². The van der Waals surface area contributed by atoms with Crippen molar-refractivity contribution in [2.75, 3.05) is 38.3 Å². The number of hydrogen-bond donors (Lipinski definition) is 2. The lowest BCUT2D eigenvalue weighted by Gasteiger charge is -2.29. The molecule has 1 aliphatic heterocycles. The maximum Gasteiger partial charge on any atom is 0.191 e. The van der Waals surface area contributed by atoms with Crippen LogP contribution in [-0.4, -0.2) is 39.3 Å². The third-order valence-electron chi connectivity index (χ3n) is 5.05. The van der Waals surface area contributed by atoms with E-state index < -0.39 is 0 Å². The van der Waals surface area contributed by atoms with Gasteiger partial charge in [-0.3, -0.25) is 4.99 Å². The van der Waals surface area contributed by atoms with E-state index >= 15 is 0 Å². The van der Waals surface area contributed by atoms with E-state index in [0.717, 1.165) is 31.9 Å². The Kier molecular flexibility index (Phi) is 9.16. The van der Waals surface area contributed by atoms with Crippen LogP contribution in [0.3, 0.4) is 0 Å². The van der Waals surface area contributed by atoms with Gasteiger partial charge in [0.25, 0.3) is 0 Å². The van der Waals surface area contributed by atoms with Crippen molar-refractivity contribution in [2.45, 2.75) is 26.4 Å². The van der Waals surface area contributed by atoms with Gasteiger partial charge in [0.05, 0.1) is 19.3 Å². The Morgan fingerprint density at radius 1 is 1.17 bits per heavy atom. The molecule has 1 atom stereocenters. The molecular formula is C22H30FIN4O. The van der Waals surface area contributed by atoms with E-state index in [1.54, 1.807) is 26.1 Å². The van der Waals surface area contributed by atoms with E-state index in [1.165, 1.54) is 11.3 Å². The summed E-state index contributed by atoms with van der Waals surface area (Å²) in [6.45, 7) is 7.87. The van der Waals surface area contributed by atoms with Gasteiger partial charge in [-0.2, -0.15) is 0 Å². The summed E-state index contributed by atoms with van der Waals surface area (Å²) in [6.07, 6.45) is 0. The number of rotatable bonds is 5. The molecule has 0 amide bonds. The fraction of sp³-hybridized carbons (Fsp3) is 0.409. The lowest BCUT2D eigenvalue weighted by atomic mass is 10.1. The number of benzene rings is 2. The van der Waals surface area contributed by atoms with E-state index in [9.17, 15) is 4.39 Å². The number of hydrogen-bond acceptors (Lipinski definition) is 3. The minimum atomic E-state index is -0.186. The summed E-state index contributed by atoms with van der Waals surface area (Å²) in [5, 5.41) is 6.64. The van der Waals surface area contributed by atoms with Gasteiger partial charge in [0.15, 0.2) is 5.96 Å². The van der Waals surface area contributed by atoms with Gasteiger partial charge in [-0.05, 0) is 48.7 Å². The van der Waals surface area contributed by atoms with Crippen molar-refractivity contribution in [3.8, 4) is 0 Å². The highest BCUT2D eigenvalue weighted by atomic mass is 127. The summed E-state index contributed by atoms with van der Waals surface area (Å²) < 4.78 is 19.2. The summed E-state index contributed by atoms with van der Waals surface area (Å²) in [7, 11) is 1.74. The zero-order chi connectivity index (χ0) is 19.9. The maximum absolute atomic E-state index is 13.8. The molecule has 5 nitrogen and oxygen atoms in total. The number of anilines is 1. The van der Waals surface area contributed by atoms with Crippen LogP contribution in [0, 0.1) is 12.7 Å². The van der Waals surface area contributed by atoms with Crippen LogP contribution in [0.4, 0.5) is 10.1 Å². The van der Waals surface area contributed by atoms with E-state index in [2.05, 4.69) is 44.8 Å². The SMILES string of the molecule is CN=C(NCc1ccc(N2CCOCC2)cc1)NC(C)c1ccc(C)c(F)c1.I. The first-order valence-corrected chi connectivity index (χ1v) is 9.71. The molecular weight excluding hydrogens is 482 g/mol. The van der Waals surface area contributed by atoms with Gasteiger partial charge < -0.3 is 20.3 Å². The molecule has 158 valence electrons. The van der Waals surface area contributed by atoms with Crippen molar-refractivity contribution in [2.24, 2.45) is 4.99 Å². The average molecular weight is 512 g/mol. The van der Waals surface area contributed by atoms with Crippen molar-refractivity contribution in [3.63, 3.8) is 0 Å². The summed E-state index contributed by atoms with van der Waals surface area (Å²) in [5.41, 5.74) is 3.94. The summed E-state index contributed by atoms with van der Waals surface area (Å²) >= 11 is 0. The molecule has 0 bridgehead atoms. The third kappa shape index (κ3) is 6.57. The second-order valence-electron chi connectivity index (χ2n) is 7.07. The number of morpholine rings is 1. The van der Waals surface area contributed by atoms with Gasteiger partial charge in [0, 0.05) is 32.4 Å². The van der Waals surface area contributed by atoms with Crippen molar-refractivity contribution in [3.05, 3.63) is 65.0 Å². The van der Waals surface area contributed by atoms with Crippen LogP contribution >= 0.6 is 24.0 Å². The molecule has 0 spiro atoms. The van der Waals surface area contributed by atoms with Crippen molar-refractivity contribution < 1.29 is 9.13 Å². The van der Waals surface area contributed by atoms with E-state index in [4.69, 9.17) is 4.74 Å². The van der Waals surface area contributed by atoms with Crippen LogP contribution in [0.1, 0.15) is 29.7 Å². The molecule has 0 radical (unpaired) electrons. The Labute approximate surface area is 189 Å². The minimum absolute atomic E-state index is 0. The molecule has 1 unspecified atom stereocenters. The zero-order valence-corrected chi connectivity index (χ0v) is 19.6. The predicted octanol–water partition coefficient (Wildman–Crippen LogP) is 4.01. The quantitative estimate of drug-likeness (QED) is 0.361. The Morgan fingerprint density at radius 2 is 1.86 bits per heavy atom. The molecule has 0 aliphatic carbocycles. The van der Waals surface area contributed by atoms with Crippen LogP contribution in [0.2, 0.25) is 0 Å². The second kappa shape index (κ2) is 11.3. The number of ether oxygens (including phenoxy) is 1. The number of aryl methyl sites for hydroxylation is 1. The molecule has 1 aliphatic rings. The molecule has 7 heteroatoms. The van der Waals surface area contributed by atoms with Crippen molar-refractivity contribution in [1.82, 2.24) is 10.6 Å². The molecule has 0 saturated carbocycles. The number of halogens is 2. The molecule has 3 rings (SSSR count). The van der Waals surface area contributed by atoms with Gasteiger partial charge in [-0.1, -0.05) is 24.3 Å². The third-order valence-corrected chi connectivity index (χ3v) is 5.05. The number of guanidine groups is 1. The molecule has 1 fully saturated rings. The summed E-state index contributed by atoms with van der Waals surface area (Å²) in [5.74, 6) is 0.500. The smallest absolute Gasteiger partial charge is 0.191 e. The van der Waals surface area contributed by atoms with Crippen LogP contribution in [0.15, 0.2) is 47.5 Å². The highest BCUT2D eigenvalue weighted by Gasteiger charge is 2.12. The largest absolute Gasteiger partial charge is 0.378 e. The van der Waals surface area contributed by atoms with Crippen molar-refractivity contribution >= 4 is 35.6 Å². The fourth-order valence-corrected chi connectivity index (χ4v) is 3.19. The summed E-state index contributed by atoms with van der Waals surface area (Å²) in [6, 6.07) is 13.8. The fourth-order valence-electron chi connectivity index (χ4n) is 3.19. The number of aliphatic imine (C=N–C) groups is 1. The number of nitrogens with zero attached hydrogens (tertiary/aromatic N) is 2. The molecule has 1 heterocycles. The van der Waals surface area contributed by atoms with Gasteiger partial charge in [0.1, 0.15) is 5.82 Å². The molecule has 2 aromatic rings. The number of nitrogens with one attached hydrogen (secondary N) is 2. The van der Waals surface area contributed by atoms with E-state index in [-0.39, 0.29) is 35.8 Å². The molecule has 2 aromatic carbocycles. The van der Waals surface area contributed by atoms with Gasteiger partial charge in [-0.15, -0.1) is 24.0 Å². The predicted molar refractivity (Wildman–Crippen MR) is 128 cm³/mol. The molecule has 29 heavy (non-hydrogen) atoms. The Balaban J connectivity index is 0.00000300. The van der Waals surface area contributed by atoms with Crippen LogP contribution < -0.4 is 15.5 Å². The normalized spacial score (nSPS) is 15.4. The zero-order valence-electron chi connectivity index (χ0n) is 17.2. The van der Waals surface area contributed by atoms with Crippen LogP contribution in [0.25, 0.3) is 0 Å². The van der Waals surface area contributed by atoms with E-state index in [1.807, 2.05) is 13.0 Å². The van der Waals surface area contributed by atoms with E-state index in [0.29, 0.717) is 18.1 Å². The summed E-state index contributed by atoms with van der Waals surface area (Å²) in [4.78, 5) is 6.62.